The van der Waals surface area contributed by atoms with E-state index in [1.807, 2.05) is 20.8 Å². The second-order valence-corrected chi connectivity index (χ2v) is 8.23. The minimum atomic E-state index is -0.400. The highest BCUT2D eigenvalue weighted by Crippen LogP contribution is 2.40. The molecule has 0 saturated carbocycles. The number of ether oxygens (including phenoxy) is 1. The number of hydrogen-bond donors (Lipinski definition) is 1. The van der Waals surface area contributed by atoms with Crippen molar-refractivity contribution in [2.75, 3.05) is 31.5 Å². The monoisotopic (exact) mass is 330 g/mol. The van der Waals surface area contributed by atoms with Gasteiger partial charge in [-0.15, -0.1) is 0 Å². The van der Waals surface area contributed by atoms with Gasteiger partial charge in [-0.25, -0.2) is 0 Å². The number of nitrogens with one attached hydrogen (secondary N) is 1. The maximum absolute atomic E-state index is 12.0. The van der Waals surface area contributed by atoms with E-state index in [1.165, 1.54) is 16.8 Å². The maximum atomic E-state index is 12.0. The summed E-state index contributed by atoms with van der Waals surface area (Å²) in [4.78, 5) is 14.2. The summed E-state index contributed by atoms with van der Waals surface area (Å²) >= 11 is 0. The first kappa shape index (κ1) is 17.3. The van der Waals surface area contributed by atoms with Gasteiger partial charge in [-0.3, -0.25) is 9.69 Å². The van der Waals surface area contributed by atoms with E-state index in [9.17, 15) is 4.79 Å². The number of hydrogen-bond acceptors (Lipinski definition) is 4. The summed E-state index contributed by atoms with van der Waals surface area (Å²) in [5.41, 5.74) is 3.95. The topological polar surface area (TPSA) is 41.6 Å². The molecular weight excluding hydrogens is 300 g/mol. The zero-order chi connectivity index (χ0) is 17.3. The lowest BCUT2D eigenvalue weighted by atomic mass is 9.83. The Balaban J connectivity index is 1.59. The van der Waals surface area contributed by atoms with E-state index in [-0.39, 0.29) is 5.97 Å². The van der Waals surface area contributed by atoms with Crippen molar-refractivity contribution in [3.05, 3.63) is 29.3 Å². The number of esters is 1. The van der Waals surface area contributed by atoms with Gasteiger partial charge in [0.2, 0.25) is 0 Å². The Morgan fingerprint density at radius 1 is 1.29 bits per heavy atom. The Bertz CT molecular complexity index is 598. The van der Waals surface area contributed by atoms with Gasteiger partial charge in [0.15, 0.2) is 0 Å². The standard InChI is InChI=1S/C20H30N2O2/c1-14-12-21-17-7-5-6-16(19(14)17)15-8-10-22(11-9-15)13-18(23)24-20(2,3)4/h5-7,14-15,21H,8-13H2,1-4H3. The van der Waals surface area contributed by atoms with Crippen molar-refractivity contribution in [1.82, 2.24) is 4.90 Å². The largest absolute Gasteiger partial charge is 0.459 e. The van der Waals surface area contributed by atoms with Crippen molar-refractivity contribution in [3.63, 3.8) is 0 Å². The first-order chi connectivity index (χ1) is 11.3. The third-order valence-electron chi connectivity index (χ3n) is 5.03. The molecule has 24 heavy (non-hydrogen) atoms. The predicted octanol–water partition coefficient (Wildman–Crippen LogP) is 3.74. The van der Waals surface area contributed by atoms with Crippen LogP contribution in [0.2, 0.25) is 0 Å². The molecule has 4 heteroatoms. The van der Waals surface area contributed by atoms with Gasteiger partial charge in [0.25, 0.3) is 0 Å². The first-order valence-corrected chi connectivity index (χ1v) is 9.14. The number of benzene rings is 1. The normalized spacial score (nSPS) is 22.1. The van der Waals surface area contributed by atoms with E-state index in [0.717, 1.165) is 32.5 Å². The lowest BCUT2D eigenvalue weighted by molar-refractivity contribution is -0.156. The van der Waals surface area contributed by atoms with Crippen LogP contribution >= 0.6 is 0 Å². The van der Waals surface area contributed by atoms with Crippen molar-refractivity contribution < 1.29 is 9.53 Å². The predicted molar refractivity (Wildman–Crippen MR) is 97.6 cm³/mol. The summed E-state index contributed by atoms with van der Waals surface area (Å²) in [5, 5.41) is 3.51. The van der Waals surface area contributed by atoms with Crippen molar-refractivity contribution in [3.8, 4) is 0 Å². The molecule has 132 valence electrons. The third-order valence-corrected chi connectivity index (χ3v) is 5.03. The number of likely N-dealkylation sites (tertiary alicyclic amines) is 1. The molecule has 1 saturated heterocycles. The molecule has 3 rings (SSSR count). The van der Waals surface area contributed by atoms with Crippen LogP contribution in [-0.2, 0) is 9.53 Å². The minimum Gasteiger partial charge on any atom is -0.459 e. The zero-order valence-electron chi connectivity index (χ0n) is 15.4. The molecule has 0 aliphatic carbocycles. The quantitative estimate of drug-likeness (QED) is 0.857. The summed E-state index contributed by atoms with van der Waals surface area (Å²) in [7, 11) is 0. The molecule has 2 aliphatic heterocycles. The van der Waals surface area contributed by atoms with Gasteiger partial charge in [0.1, 0.15) is 5.60 Å². The van der Waals surface area contributed by atoms with E-state index >= 15 is 0 Å². The number of carbonyl (C=O) groups is 1. The molecule has 2 heterocycles. The van der Waals surface area contributed by atoms with Gasteiger partial charge in [-0.2, -0.15) is 0 Å². The fourth-order valence-electron chi connectivity index (χ4n) is 3.97. The number of piperidine rings is 1. The van der Waals surface area contributed by atoms with Crippen LogP contribution < -0.4 is 5.32 Å². The summed E-state index contributed by atoms with van der Waals surface area (Å²) in [6.45, 7) is 11.5. The molecule has 1 aromatic rings. The van der Waals surface area contributed by atoms with Crippen molar-refractivity contribution in [2.24, 2.45) is 0 Å². The van der Waals surface area contributed by atoms with Gasteiger partial charge in [0, 0.05) is 18.2 Å². The van der Waals surface area contributed by atoms with Crippen LogP contribution in [0.3, 0.4) is 0 Å². The zero-order valence-corrected chi connectivity index (χ0v) is 15.4. The number of anilines is 1. The molecule has 1 atom stereocenters. The molecule has 1 N–H and O–H groups in total. The molecule has 1 fully saturated rings. The van der Waals surface area contributed by atoms with E-state index in [2.05, 4.69) is 35.3 Å². The number of carbonyl (C=O) groups excluding carboxylic acids is 1. The van der Waals surface area contributed by atoms with E-state index < -0.39 is 5.60 Å². The molecule has 0 aromatic heterocycles. The summed E-state index contributed by atoms with van der Waals surface area (Å²) < 4.78 is 5.44. The smallest absolute Gasteiger partial charge is 0.320 e. The van der Waals surface area contributed by atoms with Crippen molar-refractivity contribution >= 4 is 11.7 Å². The van der Waals surface area contributed by atoms with Crippen molar-refractivity contribution in [1.29, 1.82) is 0 Å². The first-order valence-electron chi connectivity index (χ1n) is 9.14. The summed E-state index contributed by atoms with van der Waals surface area (Å²) in [5.74, 6) is 1.09. The highest BCUT2D eigenvalue weighted by Gasteiger charge is 2.29. The summed E-state index contributed by atoms with van der Waals surface area (Å²) in [6, 6.07) is 6.67. The number of fused-ring (bicyclic) bond motifs is 1. The molecule has 1 aromatic carbocycles. The number of nitrogens with zero attached hydrogens (tertiary/aromatic N) is 1. The Morgan fingerprint density at radius 3 is 2.67 bits per heavy atom. The molecule has 0 amide bonds. The third kappa shape index (κ3) is 3.92. The van der Waals surface area contributed by atoms with Gasteiger partial charge < -0.3 is 10.1 Å². The SMILES string of the molecule is CC1CNc2cccc(C3CCN(CC(=O)OC(C)(C)C)CC3)c21. The average Bonchev–Trinajstić information content (AvgIpc) is 2.88. The van der Waals surface area contributed by atoms with E-state index in [1.54, 1.807) is 0 Å². The van der Waals surface area contributed by atoms with Gasteiger partial charge in [-0.1, -0.05) is 19.1 Å². The van der Waals surface area contributed by atoms with Crippen LogP contribution in [0.25, 0.3) is 0 Å². The average molecular weight is 330 g/mol. The fourth-order valence-corrected chi connectivity index (χ4v) is 3.97. The molecule has 1 unspecified atom stereocenters. The Hall–Kier alpha value is -1.55. The van der Waals surface area contributed by atoms with E-state index in [0.29, 0.717) is 18.4 Å². The van der Waals surface area contributed by atoms with Crippen LogP contribution in [0.4, 0.5) is 5.69 Å². The van der Waals surface area contributed by atoms with Gasteiger partial charge in [-0.05, 0) is 69.8 Å². The highest BCUT2D eigenvalue weighted by atomic mass is 16.6. The molecular formula is C20H30N2O2. The summed E-state index contributed by atoms with van der Waals surface area (Å²) in [6.07, 6.45) is 2.23. The second-order valence-electron chi connectivity index (χ2n) is 8.23. The van der Waals surface area contributed by atoms with Crippen LogP contribution in [0, 0.1) is 0 Å². The van der Waals surface area contributed by atoms with Crippen LogP contribution in [0.5, 0.6) is 0 Å². The van der Waals surface area contributed by atoms with Crippen LogP contribution in [0.1, 0.15) is 63.5 Å². The lowest BCUT2D eigenvalue weighted by Gasteiger charge is -2.33. The van der Waals surface area contributed by atoms with Crippen molar-refractivity contribution in [2.45, 2.75) is 58.0 Å². The molecule has 0 bridgehead atoms. The van der Waals surface area contributed by atoms with Crippen LogP contribution in [0.15, 0.2) is 18.2 Å². The fraction of sp³-hybridized carbons (Fsp3) is 0.650. The lowest BCUT2D eigenvalue weighted by Crippen LogP contribution is -2.39. The van der Waals surface area contributed by atoms with Crippen LogP contribution in [-0.4, -0.2) is 42.6 Å². The molecule has 4 nitrogen and oxygen atoms in total. The molecule has 0 spiro atoms. The second kappa shape index (κ2) is 6.75. The Morgan fingerprint density at radius 2 is 2.00 bits per heavy atom. The minimum absolute atomic E-state index is 0.112. The maximum Gasteiger partial charge on any atom is 0.320 e. The van der Waals surface area contributed by atoms with E-state index in [4.69, 9.17) is 4.74 Å². The number of rotatable bonds is 3. The Kier molecular flexibility index (Phi) is 4.86. The molecule has 0 radical (unpaired) electrons. The van der Waals surface area contributed by atoms with Gasteiger partial charge >= 0.3 is 5.97 Å². The van der Waals surface area contributed by atoms with Gasteiger partial charge in [0.05, 0.1) is 6.54 Å². The highest BCUT2D eigenvalue weighted by molar-refractivity contribution is 5.72. The Labute approximate surface area is 145 Å². The molecule has 2 aliphatic rings.